The smallest absolute Gasteiger partial charge is 0.235 e. The minimum atomic E-state index is -0.504. The summed E-state index contributed by atoms with van der Waals surface area (Å²) in [6.07, 6.45) is 5.61. The summed E-state index contributed by atoms with van der Waals surface area (Å²) in [5.41, 5.74) is 1.56. The maximum atomic E-state index is 14.9. The predicted octanol–water partition coefficient (Wildman–Crippen LogP) is 4.37. The SMILES string of the molecule is O=C(Nc1ccc2c(c1F)CCNC2)C1(c2cccs2)CCCCC1. The number of amides is 1. The quantitative estimate of drug-likeness (QED) is 0.855. The number of halogens is 1. The number of nitrogens with one attached hydrogen (secondary N) is 2. The van der Waals surface area contributed by atoms with Crippen molar-refractivity contribution in [2.75, 3.05) is 11.9 Å². The highest BCUT2D eigenvalue weighted by atomic mass is 32.1. The van der Waals surface area contributed by atoms with E-state index in [1.807, 2.05) is 23.6 Å². The van der Waals surface area contributed by atoms with E-state index in [0.717, 1.165) is 48.2 Å². The maximum Gasteiger partial charge on any atom is 0.235 e. The fourth-order valence-electron chi connectivity index (χ4n) is 4.16. The molecule has 0 unspecified atom stereocenters. The van der Waals surface area contributed by atoms with Gasteiger partial charge in [0.1, 0.15) is 5.82 Å². The van der Waals surface area contributed by atoms with Crippen LogP contribution in [0.4, 0.5) is 10.1 Å². The van der Waals surface area contributed by atoms with Gasteiger partial charge in [-0.15, -0.1) is 11.3 Å². The standard InChI is InChI=1S/C20H23FN2OS/c21-18-15-8-11-22-13-14(15)6-7-16(18)23-19(24)20(9-2-1-3-10-20)17-5-4-12-25-17/h4-7,12,22H,1-3,8-11,13H2,(H,23,24). The highest BCUT2D eigenvalue weighted by Crippen LogP contribution is 2.42. The Hall–Kier alpha value is -1.72. The van der Waals surface area contributed by atoms with Gasteiger partial charge in [0.2, 0.25) is 5.91 Å². The number of hydrogen-bond acceptors (Lipinski definition) is 3. The van der Waals surface area contributed by atoms with Crippen LogP contribution in [0.5, 0.6) is 0 Å². The van der Waals surface area contributed by atoms with Crippen molar-refractivity contribution in [2.45, 2.75) is 50.5 Å². The number of hydrogen-bond donors (Lipinski definition) is 2. The van der Waals surface area contributed by atoms with E-state index < -0.39 is 5.41 Å². The third-order valence-electron chi connectivity index (χ3n) is 5.59. The maximum absolute atomic E-state index is 14.9. The molecular weight excluding hydrogens is 335 g/mol. The molecule has 1 amide bonds. The van der Waals surface area contributed by atoms with Crippen molar-refractivity contribution >= 4 is 22.9 Å². The van der Waals surface area contributed by atoms with Crippen LogP contribution in [0, 0.1) is 5.82 Å². The Kier molecular flexibility index (Phi) is 4.61. The zero-order valence-corrected chi connectivity index (χ0v) is 15.1. The van der Waals surface area contributed by atoms with Gasteiger partial charge in [-0.3, -0.25) is 4.79 Å². The molecule has 1 fully saturated rings. The van der Waals surface area contributed by atoms with E-state index in [4.69, 9.17) is 0 Å². The van der Waals surface area contributed by atoms with Crippen molar-refractivity contribution < 1.29 is 9.18 Å². The number of fused-ring (bicyclic) bond motifs is 1. The van der Waals surface area contributed by atoms with Crippen LogP contribution in [0.3, 0.4) is 0 Å². The van der Waals surface area contributed by atoms with Gasteiger partial charge in [-0.25, -0.2) is 4.39 Å². The molecule has 132 valence electrons. The van der Waals surface area contributed by atoms with E-state index in [2.05, 4.69) is 10.6 Å². The van der Waals surface area contributed by atoms with Gasteiger partial charge in [-0.2, -0.15) is 0 Å². The van der Waals surface area contributed by atoms with Crippen molar-refractivity contribution in [3.63, 3.8) is 0 Å². The zero-order chi connectivity index (χ0) is 17.3. The van der Waals surface area contributed by atoms with Crippen LogP contribution in [0.25, 0.3) is 0 Å². The molecule has 0 saturated heterocycles. The van der Waals surface area contributed by atoms with Crippen LogP contribution in [-0.4, -0.2) is 12.5 Å². The van der Waals surface area contributed by atoms with Gasteiger partial charge in [0, 0.05) is 11.4 Å². The highest BCUT2D eigenvalue weighted by Gasteiger charge is 2.42. The van der Waals surface area contributed by atoms with Gasteiger partial charge in [0.15, 0.2) is 0 Å². The van der Waals surface area contributed by atoms with Crippen LogP contribution in [0.1, 0.15) is 48.1 Å². The van der Waals surface area contributed by atoms with Crippen LogP contribution in [-0.2, 0) is 23.2 Å². The Labute approximate surface area is 151 Å². The van der Waals surface area contributed by atoms with Gasteiger partial charge < -0.3 is 10.6 Å². The van der Waals surface area contributed by atoms with E-state index >= 15 is 0 Å². The van der Waals surface area contributed by atoms with Gasteiger partial charge in [0.05, 0.1) is 11.1 Å². The Morgan fingerprint density at radius 1 is 1.20 bits per heavy atom. The fraction of sp³-hybridized carbons (Fsp3) is 0.450. The van der Waals surface area contributed by atoms with E-state index in [-0.39, 0.29) is 11.7 Å². The molecule has 0 spiro atoms. The zero-order valence-electron chi connectivity index (χ0n) is 14.2. The normalized spacial score (nSPS) is 19.2. The lowest BCUT2D eigenvalue weighted by molar-refractivity contribution is -0.122. The molecule has 1 aromatic heterocycles. The minimum Gasteiger partial charge on any atom is -0.323 e. The molecular formula is C20H23FN2OS. The number of rotatable bonds is 3. The summed E-state index contributed by atoms with van der Waals surface area (Å²) < 4.78 is 14.9. The van der Waals surface area contributed by atoms with Gasteiger partial charge in [0.25, 0.3) is 0 Å². The number of anilines is 1. The molecule has 0 radical (unpaired) electrons. The predicted molar refractivity (Wildman–Crippen MR) is 99.5 cm³/mol. The Balaban J connectivity index is 1.64. The topological polar surface area (TPSA) is 41.1 Å². The summed E-state index contributed by atoms with van der Waals surface area (Å²) in [6.45, 7) is 1.47. The Morgan fingerprint density at radius 2 is 2.04 bits per heavy atom. The second kappa shape index (κ2) is 6.89. The molecule has 4 rings (SSSR count). The number of thiophene rings is 1. The summed E-state index contributed by atoms with van der Waals surface area (Å²) in [4.78, 5) is 14.3. The summed E-state index contributed by atoms with van der Waals surface area (Å²) in [6, 6.07) is 7.68. The molecule has 2 N–H and O–H groups in total. The van der Waals surface area contributed by atoms with E-state index in [1.165, 1.54) is 6.42 Å². The summed E-state index contributed by atoms with van der Waals surface area (Å²) in [5.74, 6) is -0.313. The van der Waals surface area contributed by atoms with Gasteiger partial charge in [-0.1, -0.05) is 31.4 Å². The lowest BCUT2D eigenvalue weighted by Crippen LogP contribution is -2.41. The van der Waals surface area contributed by atoms with E-state index in [0.29, 0.717) is 18.7 Å². The molecule has 1 saturated carbocycles. The molecule has 2 aromatic rings. The van der Waals surface area contributed by atoms with E-state index in [9.17, 15) is 9.18 Å². The summed E-state index contributed by atoms with van der Waals surface area (Å²) in [5, 5.41) is 8.20. The molecule has 1 aromatic carbocycles. The lowest BCUT2D eigenvalue weighted by Gasteiger charge is -2.35. The van der Waals surface area contributed by atoms with E-state index in [1.54, 1.807) is 17.4 Å². The van der Waals surface area contributed by atoms with Gasteiger partial charge >= 0.3 is 0 Å². The third-order valence-corrected chi connectivity index (χ3v) is 6.66. The van der Waals surface area contributed by atoms with Crippen molar-refractivity contribution in [2.24, 2.45) is 0 Å². The van der Waals surface area contributed by atoms with Crippen LogP contribution < -0.4 is 10.6 Å². The summed E-state index contributed by atoms with van der Waals surface area (Å²) in [7, 11) is 0. The van der Waals surface area contributed by atoms with Crippen LogP contribution >= 0.6 is 11.3 Å². The first-order chi connectivity index (χ1) is 12.2. The number of carbonyl (C=O) groups is 1. The molecule has 2 aliphatic rings. The Morgan fingerprint density at radius 3 is 2.80 bits per heavy atom. The first-order valence-electron chi connectivity index (χ1n) is 9.07. The minimum absolute atomic E-state index is 0.0533. The van der Waals surface area contributed by atoms with Crippen LogP contribution in [0.15, 0.2) is 29.6 Å². The third kappa shape index (κ3) is 3.00. The molecule has 1 aliphatic carbocycles. The molecule has 0 bridgehead atoms. The largest absolute Gasteiger partial charge is 0.323 e. The first kappa shape index (κ1) is 16.7. The summed E-state index contributed by atoms with van der Waals surface area (Å²) >= 11 is 1.63. The fourth-order valence-corrected chi connectivity index (χ4v) is 5.15. The molecule has 1 aliphatic heterocycles. The monoisotopic (exact) mass is 358 g/mol. The van der Waals surface area contributed by atoms with Crippen molar-refractivity contribution in [3.05, 3.63) is 51.5 Å². The number of carbonyl (C=O) groups excluding carboxylic acids is 1. The van der Waals surface area contributed by atoms with Crippen molar-refractivity contribution in [3.8, 4) is 0 Å². The van der Waals surface area contributed by atoms with Gasteiger partial charge in [-0.05, 0) is 54.4 Å². The molecule has 5 heteroatoms. The second-order valence-electron chi connectivity index (χ2n) is 7.07. The molecule has 3 nitrogen and oxygen atoms in total. The van der Waals surface area contributed by atoms with Crippen LogP contribution in [0.2, 0.25) is 0 Å². The molecule has 25 heavy (non-hydrogen) atoms. The second-order valence-corrected chi connectivity index (χ2v) is 8.01. The molecule has 0 atom stereocenters. The average Bonchev–Trinajstić information content (AvgIpc) is 3.20. The Bertz CT molecular complexity index is 766. The molecule has 2 heterocycles. The number of benzene rings is 1. The van der Waals surface area contributed by atoms with Crippen molar-refractivity contribution in [1.82, 2.24) is 5.32 Å². The van der Waals surface area contributed by atoms with Crippen molar-refractivity contribution in [1.29, 1.82) is 0 Å². The highest BCUT2D eigenvalue weighted by molar-refractivity contribution is 7.10. The average molecular weight is 358 g/mol. The lowest BCUT2D eigenvalue weighted by atomic mass is 9.72. The first-order valence-corrected chi connectivity index (χ1v) is 9.95.